The van der Waals surface area contributed by atoms with Gasteiger partial charge in [0.25, 0.3) is 12.3 Å². The van der Waals surface area contributed by atoms with Crippen LogP contribution in [0.5, 0.6) is 0 Å². The molecule has 0 aliphatic carbocycles. The van der Waals surface area contributed by atoms with E-state index in [9.17, 15) is 38.1 Å². The average molecular weight is 940 g/mol. The number of nitro groups is 1. The number of hydrogen-bond acceptors (Lipinski definition) is 11. The predicted octanol–water partition coefficient (Wildman–Crippen LogP) is 8.67. The molecule has 20 heteroatoms. The number of para-hydroxylation sites is 1. The predicted molar refractivity (Wildman–Crippen MR) is 250 cm³/mol. The van der Waals surface area contributed by atoms with E-state index in [1.54, 1.807) is 61.4 Å². The minimum atomic E-state index is -2.69. The fourth-order valence-electron chi connectivity index (χ4n) is 9.46. The molecule has 354 valence electrons. The van der Waals surface area contributed by atoms with Crippen molar-refractivity contribution in [1.82, 2.24) is 34.3 Å². The number of amides is 4. The molecule has 0 unspecified atom stereocenters. The number of fused-ring (bicyclic) bond motifs is 2. The van der Waals surface area contributed by atoms with E-state index in [1.807, 2.05) is 15.9 Å². The van der Waals surface area contributed by atoms with Gasteiger partial charge >= 0.3 is 5.00 Å². The maximum absolute atomic E-state index is 14.7. The molecule has 2 aromatic carbocycles. The number of carbonyl (C=O) groups is 4. The highest BCUT2D eigenvalue weighted by atomic mass is 32.1. The zero-order chi connectivity index (χ0) is 47.4. The Morgan fingerprint density at radius 2 is 1.70 bits per heavy atom. The standard InChI is InChI=1S/C47H55F2N11O6S/c1-29-46(60(65)66)67-47(51-29)53-45(64)34-13-9-10-14-38(34)52-41(62)15-7-5-4-6-8-16-42(63)56-21-17-33(18-22-56)59-39-19-23-57(30(2)61)28-37(39)44(54-59)58-20-11-12-31-24-35(32-26-50-55(3)27-32)36(43(48)49)25-40(31)58/h9-10,13-14,24-27,33,43H,4-8,11-12,15-23,28H2,1-3H3,(H,52,62)(H,51,53,64). The summed E-state index contributed by atoms with van der Waals surface area (Å²) in [7, 11) is 1.76. The van der Waals surface area contributed by atoms with E-state index >= 15 is 0 Å². The highest BCUT2D eigenvalue weighted by Gasteiger charge is 2.35. The molecule has 4 amide bonds. The molecule has 67 heavy (non-hydrogen) atoms. The molecule has 3 aromatic heterocycles. The number of rotatable bonds is 16. The third-order valence-electron chi connectivity index (χ3n) is 12.9. The van der Waals surface area contributed by atoms with Crippen molar-refractivity contribution in [2.75, 3.05) is 41.7 Å². The maximum Gasteiger partial charge on any atom is 0.348 e. The summed E-state index contributed by atoms with van der Waals surface area (Å²) in [5.41, 5.74) is 5.52. The second-order valence-electron chi connectivity index (χ2n) is 17.5. The van der Waals surface area contributed by atoms with Crippen molar-refractivity contribution < 1.29 is 32.9 Å². The normalized spacial score (nSPS) is 15.1. The summed E-state index contributed by atoms with van der Waals surface area (Å²) >= 11 is 0.767. The van der Waals surface area contributed by atoms with Gasteiger partial charge in [-0.15, -0.1) is 0 Å². The Morgan fingerprint density at radius 3 is 2.40 bits per heavy atom. The minimum absolute atomic E-state index is 0.0234. The molecule has 17 nitrogen and oxygen atoms in total. The average Bonchev–Trinajstić information content (AvgIpc) is 4.03. The Labute approximate surface area is 390 Å². The van der Waals surface area contributed by atoms with Crippen molar-refractivity contribution in [1.29, 1.82) is 0 Å². The van der Waals surface area contributed by atoms with Crippen molar-refractivity contribution in [2.45, 2.75) is 110 Å². The number of piperidine rings is 1. The maximum atomic E-state index is 14.7. The number of hydrogen-bond donors (Lipinski definition) is 2. The summed E-state index contributed by atoms with van der Waals surface area (Å²) in [5.74, 6) is 0.0282. The zero-order valence-corrected chi connectivity index (χ0v) is 38.7. The third kappa shape index (κ3) is 10.5. The Kier molecular flexibility index (Phi) is 14.4. The molecule has 0 bridgehead atoms. The first kappa shape index (κ1) is 46.9. The number of benzene rings is 2. The molecule has 0 saturated carbocycles. The lowest BCUT2D eigenvalue weighted by Gasteiger charge is -2.34. The molecular formula is C47H55F2N11O6S. The summed E-state index contributed by atoms with van der Waals surface area (Å²) < 4.78 is 33.1. The Hall–Kier alpha value is -6.57. The second-order valence-corrected chi connectivity index (χ2v) is 18.5. The van der Waals surface area contributed by atoms with E-state index < -0.39 is 17.3 Å². The molecule has 0 atom stereocenters. The summed E-state index contributed by atoms with van der Waals surface area (Å²) in [6.45, 7) is 5.84. The fourth-order valence-corrected chi connectivity index (χ4v) is 10.2. The minimum Gasteiger partial charge on any atom is -0.343 e. The molecule has 3 aliphatic rings. The van der Waals surface area contributed by atoms with Gasteiger partial charge in [0.05, 0.1) is 35.0 Å². The number of aryl methyl sites for hydroxylation is 3. The van der Waals surface area contributed by atoms with Gasteiger partial charge in [-0.05, 0) is 92.2 Å². The number of carbonyl (C=O) groups excluding carboxylic acids is 4. The molecule has 6 heterocycles. The highest BCUT2D eigenvalue weighted by Crippen LogP contribution is 2.44. The number of anilines is 4. The first-order valence-corrected chi connectivity index (χ1v) is 23.7. The largest absolute Gasteiger partial charge is 0.348 e. The smallest absolute Gasteiger partial charge is 0.343 e. The number of thiazole rings is 1. The SMILES string of the molecule is CC(=O)N1CCc2c(c(N3CCCc4cc(-c5cnn(C)c5)c(C(F)F)cc43)nn2C2CCN(C(=O)CCCCCCCC(=O)Nc3ccccc3C(=O)Nc3nc(C)c([N+](=O)[O-])s3)CC2)C1. The lowest BCUT2D eigenvalue weighted by atomic mass is 9.92. The van der Waals surface area contributed by atoms with Gasteiger partial charge in [0.2, 0.25) is 17.7 Å². The van der Waals surface area contributed by atoms with Gasteiger partial charge in [0, 0.05) is 93.7 Å². The number of halogens is 2. The molecule has 0 spiro atoms. The van der Waals surface area contributed by atoms with Crippen LogP contribution >= 0.6 is 11.3 Å². The first-order valence-electron chi connectivity index (χ1n) is 22.9. The lowest BCUT2D eigenvalue weighted by molar-refractivity contribution is -0.380. The molecule has 0 radical (unpaired) electrons. The van der Waals surface area contributed by atoms with E-state index in [0.717, 1.165) is 85.2 Å². The number of likely N-dealkylation sites (tertiary alicyclic amines) is 1. The topological polar surface area (TPSA) is 194 Å². The van der Waals surface area contributed by atoms with Gasteiger partial charge in [0.15, 0.2) is 10.9 Å². The van der Waals surface area contributed by atoms with Crippen molar-refractivity contribution in [3.63, 3.8) is 0 Å². The van der Waals surface area contributed by atoms with Gasteiger partial charge in [-0.25, -0.2) is 13.8 Å². The highest BCUT2D eigenvalue weighted by molar-refractivity contribution is 7.19. The van der Waals surface area contributed by atoms with Crippen LogP contribution in [-0.4, -0.2) is 89.1 Å². The van der Waals surface area contributed by atoms with Crippen LogP contribution in [0.2, 0.25) is 0 Å². The van der Waals surface area contributed by atoms with Gasteiger partial charge in [-0.1, -0.05) is 31.4 Å². The van der Waals surface area contributed by atoms with Crippen LogP contribution in [0.15, 0.2) is 48.8 Å². The van der Waals surface area contributed by atoms with E-state index in [-0.39, 0.29) is 57.1 Å². The van der Waals surface area contributed by atoms with Crippen molar-refractivity contribution in [3.8, 4) is 11.1 Å². The van der Waals surface area contributed by atoms with Crippen molar-refractivity contribution in [2.24, 2.45) is 7.05 Å². The Bertz CT molecular complexity index is 2670. The van der Waals surface area contributed by atoms with Crippen LogP contribution in [0.25, 0.3) is 11.1 Å². The zero-order valence-electron chi connectivity index (χ0n) is 37.9. The summed E-state index contributed by atoms with van der Waals surface area (Å²) in [6, 6.07) is 10.1. The molecular weight excluding hydrogens is 885 g/mol. The van der Waals surface area contributed by atoms with E-state index in [1.165, 1.54) is 6.92 Å². The molecule has 1 saturated heterocycles. The Morgan fingerprint density at radius 1 is 0.955 bits per heavy atom. The number of nitrogens with zero attached hydrogens (tertiary/aromatic N) is 9. The number of alkyl halides is 2. The number of nitrogens with one attached hydrogen (secondary N) is 2. The van der Waals surface area contributed by atoms with Crippen LogP contribution in [0, 0.1) is 17.0 Å². The number of aromatic nitrogens is 5. The Balaban J connectivity index is 0.819. The van der Waals surface area contributed by atoms with E-state index in [4.69, 9.17) is 5.10 Å². The molecule has 2 N–H and O–H groups in total. The van der Waals surface area contributed by atoms with Crippen LogP contribution in [0.4, 0.5) is 36.1 Å². The summed E-state index contributed by atoms with van der Waals surface area (Å²) in [5, 5.41) is 26.0. The van der Waals surface area contributed by atoms with Gasteiger partial charge in [-0.2, -0.15) is 10.2 Å². The van der Waals surface area contributed by atoms with E-state index in [0.29, 0.717) is 74.6 Å². The molecule has 5 aromatic rings. The first-order chi connectivity index (χ1) is 32.2. The second kappa shape index (κ2) is 20.5. The van der Waals surface area contributed by atoms with Crippen LogP contribution in [0.1, 0.15) is 122 Å². The van der Waals surface area contributed by atoms with Gasteiger partial charge < -0.3 is 20.0 Å². The number of unbranched alkanes of at least 4 members (excludes halogenated alkanes) is 4. The molecule has 3 aliphatic heterocycles. The van der Waals surface area contributed by atoms with Gasteiger partial charge in [0.1, 0.15) is 5.69 Å². The van der Waals surface area contributed by atoms with Crippen LogP contribution < -0.4 is 15.5 Å². The van der Waals surface area contributed by atoms with Crippen molar-refractivity contribution >= 4 is 62.3 Å². The van der Waals surface area contributed by atoms with Crippen LogP contribution in [-0.2, 0) is 40.8 Å². The third-order valence-corrected chi connectivity index (χ3v) is 14.0. The quantitative estimate of drug-likeness (QED) is 0.0549. The molecule has 1 fully saturated rings. The van der Waals surface area contributed by atoms with E-state index in [2.05, 4.69) is 30.3 Å². The van der Waals surface area contributed by atoms with Gasteiger partial charge in [-0.3, -0.25) is 44.0 Å². The summed E-state index contributed by atoms with van der Waals surface area (Å²) in [6.07, 6.45) is 8.92. The fraction of sp³-hybridized carbons (Fsp3) is 0.468. The summed E-state index contributed by atoms with van der Waals surface area (Å²) in [4.78, 5) is 72.3. The lowest BCUT2D eigenvalue weighted by Crippen LogP contribution is -2.40. The monoisotopic (exact) mass is 939 g/mol. The van der Waals surface area contributed by atoms with Crippen molar-refractivity contribution in [3.05, 3.63) is 92.5 Å². The molecule has 8 rings (SSSR count). The van der Waals surface area contributed by atoms with Crippen LogP contribution in [0.3, 0.4) is 0 Å².